The number of rotatable bonds is 8. The van der Waals surface area contributed by atoms with Gasteiger partial charge < -0.3 is 10.1 Å². The van der Waals surface area contributed by atoms with Gasteiger partial charge in [0.1, 0.15) is 0 Å². The van der Waals surface area contributed by atoms with Crippen LogP contribution in [0.3, 0.4) is 0 Å². The van der Waals surface area contributed by atoms with Gasteiger partial charge in [-0.3, -0.25) is 9.36 Å². The fraction of sp³-hybridized carbons (Fsp3) is 0.318. The lowest BCUT2D eigenvalue weighted by atomic mass is 10.2. The molecule has 0 aliphatic rings. The first-order valence-electron chi connectivity index (χ1n) is 9.67. The van der Waals surface area contributed by atoms with Crippen LogP contribution < -0.4 is 5.32 Å². The molecule has 6 nitrogen and oxygen atoms in total. The van der Waals surface area contributed by atoms with Crippen molar-refractivity contribution in [1.29, 1.82) is 0 Å². The van der Waals surface area contributed by atoms with Crippen LogP contribution in [-0.2, 0) is 16.1 Å². The third-order valence-electron chi connectivity index (χ3n) is 4.30. The van der Waals surface area contributed by atoms with Crippen LogP contribution in [0, 0.1) is 13.8 Å². The molecule has 0 atom stereocenters. The molecule has 30 heavy (non-hydrogen) atoms. The monoisotopic (exact) mass is 444 g/mol. The molecule has 3 rings (SSSR count). The molecule has 1 heterocycles. The predicted octanol–water partition coefficient (Wildman–Crippen LogP) is 5.19. The van der Waals surface area contributed by atoms with Crippen molar-refractivity contribution in [2.24, 2.45) is 0 Å². The lowest BCUT2D eigenvalue weighted by Crippen LogP contribution is -2.14. The zero-order valence-corrected chi connectivity index (χ0v) is 19.0. The molecular weight excluding hydrogens is 420 g/mol. The summed E-state index contributed by atoms with van der Waals surface area (Å²) in [4.78, 5) is 12.0. The van der Waals surface area contributed by atoms with Crippen molar-refractivity contribution in [2.75, 3.05) is 11.1 Å². The molecule has 0 amide bonds. The van der Waals surface area contributed by atoms with Gasteiger partial charge in [-0.15, -0.1) is 10.2 Å². The van der Waals surface area contributed by atoms with E-state index >= 15 is 0 Å². The van der Waals surface area contributed by atoms with Crippen LogP contribution in [0.1, 0.15) is 30.8 Å². The lowest BCUT2D eigenvalue weighted by Gasteiger charge is -2.12. The van der Waals surface area contributed by atoms with Gasteiger partial charge in [0.05, 0.1) is 18.4 Å². The van der Waals surface area contributed by atoms with E-state index in [4.69, 9.17) is 16.3 Å². The minimum atomic E-state index is -0.276. The second-order valence-corrected chi connectivity index (χ2v) is 8.56. The first-order valence-corrected chi connectivity index (χ1v) is 11.0. The van der Waals surface area contributed by atoms with E-state index in [0.29, 0.717) is 16.7 Å². The fourth-order valence-electron chi connectivity index (χ4n) is 2.77. The van der Waals surface area contributed by atoms with E-state index in [0.717, 1.165) is 28.3 Å². The van der Waals surface area contributed by atoms with Gasteiger partial charge in [-0.05, 0) is 57.5 Å². The average Bonchev–Trinajstić information content (AvgIpc) is 3.10. The van der Waals surface area contributed by atoms with E-state index in [2.05, 4.69) is 15.5 Å². The van der Waals surface area contributed by atoms with Crippen molar-refractivity contribution < 1.29 is 9.53 Å². The standard InChI is InChI=1S/C22H25ClN4O2S/c1-14(2)29-21(28)13-30-22-26-25-20(27(22)18-9-5-15(3)6-10-18)12-24-17-8-7-16(4)19(23)11-17/h5-11,14,24H,12-13H2,1-4H3. The number of nitrogens with one attached hydrogen (secondary N) is 1. The van der Waals surface area contributed by atoms with Gasteiger partial charge in [0.2, 0.25) is 0 Å². The molecule has 0 saturated carbocycles. The highest BCUT2D eigenvalue weighted by Crippen LogP contribution is 2.24. The molecule has 0 aliphatic carbocycles. The Hall–Kier alpha value is -2.51. The Morgan fingerprint density at radius 2 is 1.90 bits per heavy atom. The summed E-state index contributed by atoms with van der Waals surface area (Å²) < 4.78 is 7.18. The maximum absolute atomic E-state index is 12.0. The third-order valence-corrected chi connectivity index (χ3v) is 5.61. The highest BCUT2D eigenvalue weighted by molar-refractivity contribution is 7.99. The molecule has 0 fully saturated rings. The van der Waals surface area contributed by atoms with Gasteiger partial charge in [0.25, 0.3) is 0 Å². The summed E-state index contributed by atoms with van der Waals surface area (Å²) in [6, 6.07) is 13.9. The van der Waals surface area contributed by atoms with Gasteiger partial charge in [0, 0.05) is 16.4 Å². The van der Waals surface area contributed by atoms with Crippen LogP contribution in [-0.4, -0.2) is 32.6 Å². The normalized spacial score (nSPS) is 11.0. The van der Waals surface area contributed by atoms with E-state index in [1.807, 2.05) is 74.7 Å². The Balaban J connectivity index is 1.83. The van der Waals surface area contributed by atoms with Crippen LogP contribution in [0.25, 0.3) is 5.69 Å². The van der Waals surface area contributed by atoms with Gasteiger partial charge in [-0.25, -0.2) is 0 Å². The van der Waals surface area contributed by atoms with Crippen molar-refractivity contribution in [3.8, 4) is 5.69 Å². The molecule has 1 N–H and O–H groups in total. The number of aryl methyl sites for hydroxylation is 2. The van der Waals surface area contributed by atoms with Crippen LogP contribution in [0.15, 0.2) is 47.6 Å². The van der Waals surface area contributed by atoms with Gasteiger partial charge >= 0.3 is 5.97 Å². The number of anilines is 1. The van der Waals surface area contributed by atoms with E-state index in [1.165, 1.54) is 11.8 Å². The van der Waals surface area contributed by atoms with Crippen LogP contribution >= 0.6 is 23.4 Å². The average molecular weight is 445 g/mol. The number of hydrogen-bond acceptors (Lipinski definition) is 6. The van der Waals surface area contributed by atoms with Crippen molar-refractivity contribution in [3.63, 3.8) is 0 Å². The first kappa shape index (κ1) is 22.2. The molecule has 158 valence electrons. The summed E-state index contributed by atoms with van der Waals surface area (Å²) in [5.41, 5.74) is 4.02. The summed E-state index contributed by atoms with van der Waals surface area (Å²) >= 11 is 7.54. The molecule has 3 aromatic rings. The fourth-order valence-corrected chi connectivity index (χ4v) is 3.70. The second-order valence-electron chi connectivity index (χ2n) is 7.21. The zero-order chi connectivity index (χ0) is 21.7. The van der Waals surface area contributed by atoms with Crippen LogP contribution in [0.5, 0.6) is 0 Å². The Kier molecular flexibility index (Phi) is 7.39. The predicted molar refractivity (Wildman–Crippen MR) is 122 cm³/mol. The number of ether oxygens (including phenoxy) is 1. The first-order chi connectivity index (χ1) is 14.3. The maximum Gasteiger partial charge on any atom is 0.316 e. The minimum absolute atomic E-state index is 0.144. The quantitative estimate of drug-likeness (QED) is 0.380. The van der Waals surface area contributed by atoms with Crippen molar-refractivity contribution in [1.82, 2.24) is 14.8 Å². The summed E-state index contributed by atoms with van der Waals surface area (Å²) in [5, 5.41) is 13.4. The number of hydrogen-bond donors (Lipinski definition) is 1. The third kappa shape index (κ3) is 5.77. The van der Waals surface area contributed by atoms with E-state index < -0.39 is 0 Å². The number of carbonyl (C=O) groups is 1. The molecular formula is C22H25ClN4O2S. The Labute approximate surface area is 186 Å². The number of thioether (sulfide) groups is 1. The second kappa shape index (κ2) is 10.00. The topological polar surface area (TPSA) is 69.0 Å². The molecule has 2 aromatic carbocycles. The number of halogens is 1. The number of benzene rings is 2. The summed E-state index contributed by atoms with van der Waals surface area (Å²) in [7, 11) is 0. The molecule has 1 aromatic heterocycles. The highest BCUT2D eigenvalue weighted by Gasteiger charge is 2.17. The zero-order valence-electron chi connectivity index (χ0n) is 17.5. The van der Waals surface area contributed by atoms with Crippen molar-refractivity contribution in [3.05, 3.63) is 64.4 Å². The Bertz CT molecular complexity index is 1020. The van der Waals surface area contributed by atoms with Gasteiger partial charge in [0.15, 0.2) is 11.0 Å². The Morgan fingerprint density at radius 3 is 2.57 bits per heavy atom. The van der Waals surface area contributed by atoms with Gasteiger partial charge in [-0.2, -0.15) is 0 Å². The summed E-state index contributed by atoms with van der Waals surface area (Å²) in [6.07, 6.45) is -0.144. The van der Waals surface area contributed by atoms with Crippen LogP contribution in [0.2, 0.25) is 5.02 Å². The molecule has 0 bridgehead atoms. The minimum Gasteiger partial charge on any atom is -0.462 e. The summed E-state index contributed by atoms with van der Waals surface area (Å²) in [6.45, 7) is 8.12. The molecule has 8 heteroatoms. The molecule has 0 saturated heterocycles. The molecule has 0 unspecified atom stereocenters. The smallest absolute Gasteiger partial charge is 0.316 e. The van der Waals surface area contributed by atoms with E-state index in [-0.39, 0.29) is 17.8 Å². The summed E-state index contributed by atoms with van der Waals surface area (Å²) in [5.74, 6) is 0.626. The number of carbonyl (C=O) groups excluding carboxylic acids is 1. The molecule has 0 aliphatic heterocycles. The highest BCUT2D eigenvalue weighted by atomic mass is 35.5. The largest absolute Gasteiger partial charge is 0.462 e. The number of aromatic nitrogens is 3. The maximum atomic E-state index is 12.0. The van der Waals surface area contributed by atoms with Crippen molar-refractivity contribution in [2.45, 2.75) is 45.5 Å². The number of nitrogens with zero attached hydrogens (tertiary/aromatic N) is 3. The van der Waals surface area contributed by atoms with E-state index in [1.54, 1.807) is 0 Å². The SMILES string of the molecule is Cc1ccc(-n2c(CNc3ccc(C)c(Cl)c3)nnc2SCC(=O)OC(C)C)cc1. The lowest BCUT2D eigenvalue weighted by molar-refractivity contribution is -0.144. The Morgan fingerprint density at radius 1 is 1.17 bits per heavy atom. The van der Waals surface area contributed by atoms with Gasteiger partial charge in [-0.1, -0.05) is 47.1 Å². The van der Waals surface area contributed by atoms with Crippen molar-refractivity contribution >= 4 is 35.0 Å². The van der Waals surface area contributed by atoms with E-state index in [9.17, 15) is 4.79 Å². The van der Waals surface area contributed by atoms with Crippen LogP contribution in [0.4, 0.5) is 5.69 Å². The number of esters is 1. The molecule has 0 radical (unpaired) electrons. The molecule has 0 spiro atoms.